The standard InChI is InChI=1S/C13H25N/c1-11-7-6-10-13(11)14-12-8-4-2-3-5-9-12/h11-14H,2-10H2,1H3/t11-,13+/m1/s1. The lowest BCUT2D eigenvalue weighted by atomic mass is 10.0. The minimum Gasteiger partial charge on any atom is -0.311 e. The molecule has 2 rings (SSSR count). The van der Waals surface area contributed by atoms with Gasteiger partial charge < -0.3 is 5.32 Å². The van der Waals surface area contributed by atoms with Crippen LogP contribution >= 0.6 is 0 Å². The summed E-state index contributed by atoms with van der Waals surface area (Å²) < 4.78 is 0. The molecule has 0 heterocycles. The number of nitrogens with one attached hydrogen (secondary N) is 1. The molecule has 82 valence electrons. The molecule has 1 N–H and O–H groups in total. The van der Waals surface area contributed by atoms with Gasteiger partial charge in [-0.2, -0.15) is 0 Å². The molecule has 0 aromatic heterocycles. The van der Waals surface area contributed by atoms with Gasteiger partial charge in [0.15, 0.2) is 0 Å². The molecule has 14 heavy (non-hydrogen) atoms. The predicted octanol–water partition coefficient (Wildman–Crippen LogP) is 3.49. The number of hydrogen-bond acceptors (Lipinski definition) is 1. The van der Waals surface area contributed by atoms with E-state index in [0.29, 0.717) is 0 Å². The number of rotatable bonds is 2. The molecular formula is C13H25N. The summed E-state index contributed by atoms with van der Waals surface area (Å²) in [5, 5.41) is 3.91. The fraction of sp³-hybridized carbons (Fsp3) is 1.00. The summed E-state index contributed by atoms with van der Waals surface area (Å²) in [5.74, 6) is 0.929. The molecule has 2 aliphatic rings. The summed E-state index contributed by atoms with van der Waals surface area (Å²) in [6.07, 6.45) is 13.0. The first kappa shape index (κ1) is 10.5. The first-order chi connectivity index (χ1) is 6.86. The molecular weight excluding hydrogens is 170 g/mol. The minimum absolute atomic E-state index is 0.845. The first-order valence-electron chi connectivity index (χ1n) is 6.62. The van der Waals surface area contributed by atoms with Crippen LogP contribution in [0.2, 0.25) is 0 Å². The summed E-state index contributed by atoms with van der Waals surface area (Å²) in [4.78, 5) is 0. The zero-order valence-corrected chi connectivity index (χ0v) is 9.60. The van der Waals surface area contributed by atoms with Crippen molar-refractivity contribution in [3.8, 4) is 0 Å². The molecule has 0 unspecified atom stereocenters. The highest BCUT2D eigenvalue weighted by atomic mass is 15.0. The van der Waals surface area contributed by atoms with Crippen molar-refractivity contribution in [2.75, 3.05) is 0 Å². The summed E-state index contributed by atoms with van der Waals surface area (Å²) in [6.45, 7) is 2.42. The van der Waals surface area contributed by atoms with Crippen molar-refractivity contribution in [3.05, 3.63) is 0 Å². The van der Waals surface area contributed by atoms with Crippen LogP contribution in [0.1, 0.15) is 64.7 Å². The minimum atomic E-state index is 0.845. The van der Waals surface area contributed by atoms with E-state index in [1.54, 1.807) is 0 Å². The Labute approximate surface area is 88.7 Å². The van der Waals surface area contributed by atoms with E-state index in [-0.39, 0.29) is 0 Å². The Kier molecular flexibility index (Phi) is 3.86. The molecule has 0 aromatic carbocycles. The highest BCUT2D eigenvalue weighted by Crippen LogP contribution is 2.27. The van der Waals surface area contributed by atoms with Crippen LogP contribution in [0.4, 0.5) is 0 Å². The second kappa shape index (κ2) is 5.16. The third-order valence-corrected chi connectivity index (χ3v) is 4.17. The summed E-state index contributed by atoms with van der Waals surface area (Å²) in [7, 11) is 0. The van der Waals surface area contributed by atoms with Crippen LogP contribution in [0, 0.1) is 5.92 Å². The Morgan fingerprint density at radius 1 is 0.786 bits per heavy atom. The summed E-state index contributed by atoms with van der Waals surface area (Å²) in [5.41, 5.74) is 0. The lowest BCUT2D eigenvalue weighted by Gasteiger charge is -2.24. The Balaban J connectivity index is 1.77. The quantitative estimate of drug-likeness (QED) is 0.665. The molecule has 0 radical (unpaired) electrons. The normalized spacial score (nSPS) is 35.8. The van der Waals surface area contributed by atoms with E-state index in [1.807, 2.05) is 0 Å². The molecule has 1 heteroatoms. The van der Waals surface area contributed by atoms with Crippen molar-refractivity contribution in [2.45, 2.75) is 76.8 Å². The molecule has 0 bridgehead atoms. The lowest BCUT2D eigenvalue weighted by Crippen LogP contribution is -2.39. The molecule has 2 atom stereocenters. The van der Waals surface area contributed by atoms with Crippen LogP contribution in [-0.4, -0.2) is 12.1 Å². The van der Waals surface area contributed by atoms with E-state index < -0.39 is 0 Å². The van der Waals surface area contributed by atoms with E-state index in [2.05, 4.69) is 12.2 Å². The third-order valence-electron chi connectivity index (χ3n) is 4.17. The van der Waals surface area contributed by atoms with Crippen molar-refractivity contribution >= 4 is 0 Å². The Bertz CT molecular complexity index is 159. The zero-order chi connectivity index (χ0) is 9.80. The van der Waals surface area contributed by atoms with Gasteiger partial charge in [-0.3, -0.25) is 0 Å². The molecule has 0 spiro atoms. The van der Waals surface area contributed by atoms with Crippen molar-refractivity contribution in [3.63, 3.8) is 0 Å². The van der Waals surface area contributed by atoms with Gasteiger partial charge in [0.1, 0.15) is 0 Å². The van der Waals surface area contributed by atoms with Crippen molar-refractivity contribution in [1.29, 1.82) is 0 Å². The van der Waals surface area contributed by atoms with Crippen molar-refractivity contribution < 1.29 is 0 Å². The largest absolute Gasteiger partial charge is 0.311 e. The second-order valence-corrected chi connectivity index (χ2v) is 5.37. The maximum Gasteiger partial charge on any atom is 0.00952 e. The summed E-state index contributed by atoms with van der Waals surface area (Å²) in [6, 6.07) is 1.70. The average Bonchev–Trinajstić information content (AvgIpc) is 2.44. The average molecular weight is 195 g/mol. The Hall–Kier alpha value is -0.0400. The fourth-order valence-corrected chi connectivity index (χ4v) is 3.14. The maximum atomic E-state index is 3.91. The Morgan fingerprint density at radius 3 is 2.07 bits per heavy atom. The molecule has 2 saturated carbocycles. The van der Waals surface area contributed by atoms with Crippen LogP contribution < -0.4 is 5.32 Å². The van der Waals surface area contributed by atoms with Gasteiger partial charge in [0.25, 0.3) is 0 Å². The fourth-order valence-electron chi connectivity index (χ4n) is 3.14. The van der Waals surface area contributed by atoms with Gasteiger partial charge in [0, 0.05) is 12.1 Å². The van der Waals surface area contributed by atoms with E-state index in [1.165, 1.54) is 57.8 Å². The summed E-state index contributed by atoms with van der Waals surface area (Å²) >= 11 is 0. The van der Waals surface area contributed by atoms with Gasteiger partial charge in [-0.15, -0.1) is 0 Å². The zero-order valence-electron chi connectivity index (χ0n) is 9.60. The van der Waals surface area contributed by atoms with E-state index in [9.17, 15) is 0 Å². The van der Waals surface area contributed by atoms with Crippen LogP contribution in [0.5, 0.6) is 0 Å². The number of hydrogen-bond donors (Lipinski definition) is 1. The molecule has 1 nitrogen and oxygen atoms in total. The van der Waals surface area contributed by atoms with Gasteiger partial charge in [-0.25, -0.2) is 0 Å². The highest BCUT2D eigenvalue weighted by Gasteiger charge is 2.25. The topological polar surface area (TPSA) is 12.0 Å². The molecule has 0 aromatic rings. The molecule has 0 aliphatic heterocycles. The monoisotopic (exact) mass is 195 g/mol. The van der Waals surface area contributed by atoms with E-state index in [0.717, 1.165) is 18.0 Å². The van der Waals surface area contributed by atoms with Crippen molar-refractivity contribution in [2.24, 2.45) is 5.92 Å². The van der Waals surface area contributed by atoms with Crippen molar-refractivity contribution in [1.82, 2.24) is 5.32 Å². The van der Waals surface area contributed by atoms with Crippen LogP contribution in [0.15, 0.2) is 0 Å². The first-order valence-corrected chi connectivity index (χ1v) is 6.62. The van der Waals surface area contributed by atoms with Gasteiger partial charge in [-0.1, -0.05) is 39.0 Å². The third kappa shape index (κ3) is 2.73. The highest BCUT2D eigenvalue weighted by molar-refractivity contribution is 4.84. The van der Waals surface area contributed by atoms with Gasteiger partial charge in [-0.05, 0) is 31.6 Å². The SMILES string of the molecule is C[C@@H]1CCC[C@@H]1NC1CCCCCC1. The van der Waals surface area contributed by atoms with Crippen LogP contribution in [0.3, 0.4) is 0 Å². The maximum absolute atomic E-state index is 3.91. The van der Waals surface area contributed by atoms with E-state index >= 15 is 0 Å². The second-order valence-electron chi connectivity index (χ2n) is 5.37. The lowest BCUT2D eigenvalue weighted by molar-refractivity contribution is 0.349. The molecule has 2 aliphatic carbocycles. The Morgan fingerprint density at radius 2 is 1.50 bits per heavy atom. The van der Waals surface area contributed by atoms with Crippen LogP contribution in [-0.2, 0) is 0 Å². The molecule has 0 amide bonds. The predicted molar refractivity (Wildman–Crippen MR) is 61.4 cm³/mol. The van der Waals surface area contributed by atoms with E-state index in [4.69, 9.17) is 0 Å². The van der Waals surface area contributed by atoms with Gasteiger partial charge in [0.05, 0.1) is 0 Å². The van der Waals surface area contributed by atoms with Gasteiger partial charge in [0.2, 0.25) is 0 Å². The molecule has 2 fully saturated rings. The van der Waals surface area contributed by atoms with Crippen LogP contribution in [0.25, 0.3) is 0 Å². The smallest absolute Gasteiger partial charge is 0.00952 e. The molecule has 0 saturated heterocycles. The van der Waals surface area contributed by atoms with Gasteiger partial charge >= 0.3 is 0 Å².